The molecule has 0 saturated carbocycles. The van der Waals surface area contributed by atoms with Gasteiger partial charge in [0, 0.05) is 60.3 Å². The van der Waals surface area contributed by atoms with Crippen LogP contribution in [0.2, 0.25) is 0 Å². The number of aromatic amines is 1. The van der Waals surface area contributed by atoms with E-state index in [0.717, 1.165) is 28.6 Å². The summed E-state index contributed by atoms with van der Waals surface area (Å²) in [5.41, 5.74) is 2.17. The van der Waals surface area contributed by atoms with E-state index in [9.17, 15) is 18.3 Å². The van der Waals surface area contributed by atoms with Crippen molar-refractivity contribution < 1.29 is 27.1 Å². The lowest BCUT2D eigenvalue weighted by Gasteiger charge is -2.42. The zero-order valence-electron chi connectivity index (χ0n) is 20.7. The van der Waals surface area contributed by atoms with Crippen molar-refractivity contribution in [3.8, 4) is 0 Å². The molecular formula is C28H32F5N3O. The summed E-state index contributed by atoms with van der Waals surface area (Å²) in [7, 11) is 0. The fourth-order valence-corrected chi connectivity index (χ4v) is 5.96. The fourth-order valence-electron chi connectivity index (χ4n) is 5.96. The number of hydrogen-bond acceptors (Lipinski definition) is 3. The summed E-state index contributed by atoms with van der Waals surface area (Å²) < 4.78 is 71.4. The van der Waals surface area contributed by atoms with Crippen LogP contribution in [0.1, 0.15) is 47.9 Å². The molecule has 1 aromatic heterocycles. The Hall–Kier alpha value is -2.49. The first-order valence-corrected chi connectivity index (χ1v) is 12.8. The number of fused-ring (bicyclic) bond motifs is 3. The van der Waals surface area contributed by atoms with Gasteiger partial charge in [0.05, 0.1) is 18.8 Å². The monoisotopic (exact) mass is 521 g/mol. The van der Waals surface area contributed by atoms with E-state index in [2.05, 4.69) is 4.98 Å². The van der Waals surface area contributed by atoms with E-state index in [1.165, 1.54) is 0 Å². The quantitative estimate of drug-likeness (QED) is 0.370. The highest BCUT2D eigenvalue weighted by atomic mass is 19.2. The maximum atomic E-state index is 15.7. The van der Waals surface area contributed by atoms with Crippen LogP contribution >= 0.6 is 0 Å². The molecule has 37 heavy (non-hydrogen) atoms. The molecule has 1 fully saturated rings. The molecule has 0 bridgehead atoms. The van der Waals surface area contributed by atoms with Crippen molar-refractivity contribution in [1.82, 2.24) is 14.8 Å². The Labute approximate surface area is 213 Å². The number of aliphatic hydroxyl groups excluding tert-OH is 1. The summed E-state index contributed by atoms with van der Waals surface area (Å²) in [5.74, 6) is -1.88. The molecule has 4 nitrogen and oxygen atoms in total. The second kappa shape index (κ2) is 10.7. The van der Waals surface area contributed by atoms with Gasteiger partial charge in [-0.3, -0.25) is 9.29 Å². The number of alkyl halides is 3. The van der Waals surface area contributed by atoms with E-state index in [-0.39, 0.29) is 29.6 Å². The third-order valence-electron chi connectivity index (χ3n) is 7.85. The molecular weight excluding hydrogens is 489 g/mol. The second-order valence-corrected chi connectivity index (χ2v) is 10.4. The maximum Gasteiger partial charge on any atom is 0.141 e. The lowest BCUT2D eigenvalue weighted by molar-refractivity contribution is -0.00641. The van der Waals surface area contributed by atoms with Gasteiger partial charge >= 0.3 is 0 Å². The van der Waals surface area contributed by atoms with Gasteiger partial charge in [-0.15, -0.1) is 0 Å². The van der Waals surface area contributed by atoms with Gasteiger partial charge in [0.2, 0.25) is 0 Å². The Bertz CT molecular complexity index is 1220. The minimum Gasteiger partial charge on any atom is -0.388 e. The highest BCUT2D eigenvalue weighted by molar-refractivity contribution is 5.85. The van der Waals surface area contributed by atoms with E-state index in [0.29, 0.717) is 38.2 Å². The third kappa shape index (κ3) is 4.89. The van der Waals surface area contributed by atoms with Gasteiger partial charge in [0.1, 0.15) is 24.5 Å². The zero-order chi connectivity index (χ0) is 26.3. The molecule has 3 heterocycles. The van der Waals surface area contributed by atoms with Crippen LogP contribution in [-0.2, 0) is 6.42 Å². The number of para-hydroxylation sites is 1. The van der Waals surface area contributed by atoms with E-state index in [1.807, 2.05) is 36.1 Å². The first-order valence-electron chi connectivity index (χ1n) is 12.8. The minimum absolute atomic E-state index is 0.133. The minimum atomic E-state index is -1.79. The van der Waals surface area contributed by atoms with E-state index >= 15 is 8.78 Å². The summed E-state index contributed by atoms with van der Waals surface area (Å²) in [5, 5.41) is 11.7. The molecule has 2 N–H and O–H groups in total. The van der Waals surface area contributed by atoms with Gasteiger partial charge in [0.25, 0.3) is 0 Å². The molecule has 0 amide bonds. The predicted octanol–water partition coefficient (Wildman–Crippen LogP) is 5.41. The van der Waals surface area contributed by atoms with Gasteiger partial charge in [-0.2, -0.15) is 0 Å². The molecule has 2 aliphatic rings. The molecule has 2 aliphatic heterocycles. The molecule has 1 saturated heterocycles. The van der Waals surface area contributed by atoms with Crippen LogP contribution < -0.4 is 0 Å². The molecule has 0 spiro atoms. The second-order valence-electron chi connectivity index (χ2n) is 10.4. The molecule has 3 aromatic rings. The smallest absolute Gasteiger partial charge is 0.141 e. The number of rotatable bonds is 9. The van der Waals surface area contributed by atoms with Gasteiger partial charge < -0.3 is 15.0 Å². The maximum absolute atomic E-state index is 15.7. The molecule has 5 rings (SSSR count). The first-order chi connectivity index (χ1) is 17.8. The Balaban J connectivity index is 1.51. The van der Waals surface area contributed by atoms with Crippen LogP contribution in [0.5, 0.6) is 0 Å². The number of hydrogen-bond donors (Lipinski definition) is 2. The summed E-state index contributed by atoms with van der Waals surface area (Å²) in [4.78, 5) is 6.89. The number of nitrogens with one attached hydrogen (secondary N) is 1. The van der Waals surface area contributed by atoms with Crippen molar-refractivity contribution in [3.05, 3.63) is 70.4 Å². The number of benzene rings is 2. The molecule has 200 valence electrons. The molecule has 2 aromatic carbocycles. The normalized spacial score (nSPS) is 22.7. The average molecular weight is 522 g/mol. The Morgan fingerprint density at radius 3 is 2.49 bits per heavy atom. The van der Waals surface area contributed by atoms with Crippen LogP contribution in [-0.4, -0.2) is 71.6 Å². The van der Waals surface area contributed by atoms with Crippen LogP contribution in [0, 0.1) is 17.6 Å². The number of aliphatic hydroxyl groups is 1. The highest BCUT2D eigenvalue weighted by Gasteiger charge is 2.40. The number of H-pyrrole nitrogens is 1. The number of nitrogens with zero attached hydrogens (tertiary/aromatic N) is 2. The van der Waals surface area contributed by atoms with Gasteiger partial charge in [0.15, 0.2) is 0 Å². The van der Waals surface area contributed by atoms with Crippen LogP contribution in [0.25, 0.3) is 10.9 Å². The van der Waals surface area contributed by atoms with Crippen molar-refractivity contribution in [2.75, 3.05) is 39.5 Å². The highest BCUT2D eigenvalue weighted by Crippen LogP contribution is 2.43. The first kappa shape index (κ1) is 26.1. The molecule has 2 unspecified atom stereocenters. The van der Waals surface area contributed by atoms with Crippen molar-refractivity contribution >= 4 is 10.9 Å². The molecule has 0 radical (unpaired) electrons. The Kier molecular flexibility index (Phi) is 7.56. The van der Waals surface area contributed by atoms with Gasteiger partial charge in [-0.1, -0.05) is 18.2 Å². The van der Waals surface area contributed by atoms with Crippen LogP contribution in [0.4, 0.5) is 22.0 Å². The number of halogens is 5. The molecule has 9 heteroatoms. The van der Waals surface area contributed by atoms with Crippen molar-refractivity contribution in [1.29, 1.82) is 0 Å². The van der Waals surface area contributed by atoms with E-state index in [4.69, 9.17) is 0 Å². The lowest BCUT2D eigenvalue weighted by Crippen LogP contribution is -2.49. The molecule has 0 aliphatic carbocycles. The summed E-state index contributed by atoms with van der Waals surface area (Å²) in [6.45, 7) is 1.58. The van der Waals surface area contributed by atoms with Crippen molar-refractivity contribution in [3.63, 3.8) is 0 Å². The Morgan fingerprint density at radius 1 is 1.11 bits per heavy atom. The largest absolute Gasteiger partial charge is 0.388 e. The SMILES string of the molecule is C[C@@H]1Cc2c([nH]c3ccccc23)[C@@H](c2c(F)cc(C(O)C3CN(CCCF)C3)cc2F)N1CC(F)CF. The lowest BCUT2D eigenvalue weighted by atomic mass is 9.85. The third-order valence-corrected chi connectivity index (χ3v) is 7.85. The zero-order valence-corrected chi connectivity index (χ0v) is 20.7. The standard InChI is InChI=1S/C28H32F5N3O/c1-16-9-21-20-5-2-3-6-24(20)34-26(21)27(36(16)15-19(31)12-30)25-22(32)10-17(11-23(25)33)28(37)18-13-35(14-18)8-4-7-29/h2-3,5-6,10-11,16,18-19,27-28,34,37H,4,7-9,12-15H2,1H3/t16-,19?,27-,28?/m1/s1. The average Bonchev–Trinajstić information content (AvgIpc) is 3.22. The van der Waals surface area contributed by atoms with Crippen molar-refractivity contribution in [2.24, 2.45) is 5.92 Å². The Morgan fingerprint density at radius 2 is 1.81 bits per heavy atom. The van der Waals surface area contributed by atoms with Gasteiger partial charge in [-0.05, 0) is 49.1 Å². The number of aromatic nitrogens is 1. The van der Waals surface area contributed by atoms with E-state index in [1.54, 1.807) is 4.90 Å². The van der Waals surface area contributed by atoms with Crippen LogP contribution in [0.15, 0.2) is 36.4 Å². The fraction of sp³-hybridized carbons (Fsp3) is 0.500. The van der Waals surface area contributed by atoms with E-state index < -0.39 is 43.3 Å². The molecule has 4 atom stereocenters. The van der Waals surface area contributed by atoms with Crippen molar-refractivity contribution in [2.45, 2.75) is 44.1 Å². The predicted molar refractivity (Wildman–Crippen MR) is 133 cm³/mol. The summed E-state index contributed by atoms with van der Waals surface area (Å²) >= 11 is 0. The topological polar surface area (TPSA) is 42.5 Å². The van der Waals surface area contributed by atoms with Gasteiger partial charge in [-0.25, -0.2) is 17.6 Å². The summed E-state index contributed by atoms with van der Waals surface area (Å²) in [6, 6.07) is 8.58. The van der Waals surface area contributed by atoms with Crippen LogP contribution in [0.3, 0.4) is 0 Å². The summed E-state index contributed by atoms with van der Waals surface area (Å²) in [6.07, 6.45) is -1.92. The number of likely N-dealkylation sites (tertiary alicyclic amines) is 1.